The first-order valence-corrected chi connectivity index (χ1v) is 6.64. The molecule has 1 saturated carbocycles. The van der Waals surface area contributed by atoms with Gasteiger partial charge in [0, 0.05) is 10.00 Å². The van der Waals surface area contributed by atoms with Crippen LogP contribution in [-0.4, -0.2) is 10.00 Å². The summed E-state index contributed by atoms with van der Waals surface area (Å²) < 4.78 is 0.462. The average Bonchev–Trinajstić information content (AvgIpc) is 1.92. The minimum absolute atomic E-state index is 0.462. The predicted octanol–water partition coefficient (Wildman–Crippen LogP) is 4.63. The largest absolute Gasteiger partial charge is 0.153 e. The Balaban J connectivity index is 2.29. The summed E-state index contributed by atoms with van der Waals surface area (Å²) >= 11 is 2.20. The lowest BCUT2D eigenvalue weighted by Crippen LogP contribution is -2.16. The molecule has 1 rings (SSSR count). The molecule has 0 saturated heterocycles. The zero-order chi connectivity index (χ0) is 9.73. The van der Waals surface area contributed by atoms with E-state index >= 15 is 0 Å². The van der Waals surface area contributed by atoms with Crippen LogP contribution in [0.2, 0.25) is 0 Å². The highest BCUT2D eigenvalue weighted by Gasteiger charge is 2.19. The smallest absolute Gasteiger partial charge is 0.00778 e. The van der Waals surface area contributed by atoms with Gasteiger partial charge in [-0.1, -0.05) is 52.9 Å². The molecule has 0 bridgehead atoms. The minimum atomic E-state index is 0.462. The molecular weight excluding hydrogens is 176 g/mol. The maximum Gasteiger partial charge on any atom is 0.00778 e. The Kier molecular flexibility index (Phi) is 4.64. The van der Waals surface area contributed by atoms with Crippen LogP contribution < -0.4 is 0 Å². The van der Waals surface area contributed by atoms with Gasteiger partial charge in [0.1, 0.15) is 0 Å². The molecule has 13 heavy (non-hydrogen) atoms. The first kappa shape index (κ1) is 11.4. The normalized spacial score (nSPS) is 22.4. The summed E-state index contributed by atoms with van der Waals surface area (Å²) in [6.07, 6.45) is 10.3. The third kappa shape index (κ3) is 5.61. The Morgan fingerprint density at radius 3 is 1.77 bits per heavy atom. The summed E-state index contributed by atoms with van der Waals surface area (Å²) in [4.78, 5) is 0. The van der Waals surface area contributed by atoms with E-state index in [-0.39, 0.29) is 0 Å². The predicted molar refractivity (Wildman–Crippen MR) is 63.5 cm³/mol. The van der Waals surface area contributed by atoms with Crippen molar-refractivity contribution >= 4 is 11.8 Å². The molecule has 1 fully saturated rings. The average molecular weight is 200 g/mol. The maximum atomic E-state index is 2.34. The lowest BCUT2D eigenvalue weighted by molar-refractivity contribution is 0.510. The van der Waals surface area contributed by atoms with Gasteiger partial charge in [0.05, 0.1) is 0 Å². The van der Waals surface area contributed by atoms with Crippen molar-refractivity contribution in [3.8, 4) is 0 Å². The minimum Gasteiger partial charge on any atom is -0.153 e. The van der Waals surface area contributed by atoms with Gasteiger partial charge in [0.15, 0.2) is 0 Å². The summed E-state index contributed by atoms with van der Waals surface area (Å²) in [7, 11) is 0. The van der Waals surface area contributed by atoms with Crippen LogP contribution in [0.3, 0.4) is 0 Å². The van der Waals surface area contributed by atoms with E-state index in [2.05, 4.69) is 32.5 Å². The Hall–Kier alpha value is 0.350. The highest BCUT2D eigenvalue weighted by molar-refractivity contribution is 8.01. The summed E-state index contributed by atoms with van der Waals surface area (Å²) in [5.41, 5.74) is 0. The Labute approximate surface area is 87.9 Å². The van der Waals surface area contributed by atoms with Gasteiger partial charge in [0.25, 0.3) is 0 Å². The number of hydrogen-bond acceptors (Lipinski definition) is 1. The van der Waals surface area contributed by atoms with Gasteiger partial charge < -0.3 is 0 Å². The summed E-state index contributed by atoms with van der Waals surface area (Å²) in [5.74, 6) is 0. The first-order valence-electron chi connectivity index (χ1n) is 5.76. The fraction of sp³-hybridized carbons (Fsp3) is 1.00. The van der Waals surface area contributed by atoms with E-state index in [0.717, 1.165) is 5.25 Å². The molecule has 0 heterocycles. The second-order valence-corrected chi connectivity index (χ2v) is 7.32. The molecule has 0 aromatic rings. The van der Waals surface area contributed by atoms with E-state index in [1.54, 1.807) is 0 Å². The standard InChI is InChI=1S/C12H24S/c1-12(2,3)13-11-9-7-5-4-6-8-10-11/h11H,4-10H2,1-3H3. The van der Waals surface area contributed by atoms with Gasteiger partial charge in [-0.25, -0.2) is 0 Å². The van der Waals surface area contributed by atoms with E-state index in [0.29, 0.717) is 4.75 Å². The van der Waals surface area contributed by atoms with Gasteiger partial charge in [0.2, 0.25) is 0 Å². The van der Waals surface area contributed by atoms with E-state index < -0.39 is 0 Å². The fourth-order valence-corrected chi connectivity index (χ4v) is 3.61. The summed E-state index contributed by atoms with van der Waals surface area (Å²) in [6.45, 7) is 7.03. The number of thioether (sulfide) groups is 1. The van der Waals surface area contributed by atoms with Crippen molar-refractivity contribution in [2.75, 3.05) is 0 Å². The van der Waals surface area contributed by atoms with Crippen LogP contribution in [0.4, 0.5) is 0 Å². The molecule has 0 nitrogen and oxygen atoms in total. The van der Waals surface area contributed by atoms with E-state index in [1.807, 2.05) is 0 Å². The zero-order valence-electron chi connectivity index (χ0n) is 9.44. The van der Waals surface area contributed by atoms with Gasteiger partial charge in [-0.3, -0.25) is 0 Å². The molecular formula is C12H24S. The maximum absolute atomic E-state index is 2.34. The third-order valence-electron chi connectivity index (χ3n) is 2.57. The quantitative estimate of drug-likeness (QED) is 0.594. The lowest BCUT2D eigenvalue weighted by atomic mass is 10.0. The van der Waals surface area contributed by atoms with Gasteiger partial charge >= 0.3 is 0 Å². The van der Waals surface area contributed by atoms with E-state index in [9.17, 15) is 0 Å². The second kappa shape index (κ2) is 5.29. The van der Waals surface area contributed by atoms with E-state index in [1.165, 1.54) is 44.9 Å². The van der Waals surface area contributed by atoms with Crippen LogP contribution in [0.25, 0.3) is 0 Å². The summed E-state index contributed by atoms with van der Waals surface area (Å²) in [5, 5.41) is 0.945. The first-order chi connectivity index (χ1) is 6.08. The third-order valence-corrected chi connectivity index (χ3v) is 4.08. The van der Waals surface area contributed by atoms with Crippen molar-refractivity contribution < 1.29 is 0 Å². The summed E-state index contributed by atoms with van der Waals surface area (Å²) in [6, 6.07) is 0. The topological polar surface area (TPSA) is 0 Å². The van der Waals surface area contributed by atoms with Crippen molar-refractivity contribution in [3.05, 3.63) is 0 Å². The van der Waals surface area contributed by atoms with Gasteiger partial charge in [-0.15, -0.1) is 0 Å². The molecule has 1 aliphatic carbocycles. The lowest BCUT2D eigenvalue weighted by Gasteiger charge is -2.27. The Morgan fingerprint density at radius 1 is 0.846 bits per heavy atom. The Morgan fingerprint density at radius 2 is 1.31 bits per heavy atom. The van der Waals surface area contributed by atoms with Crippen molar-refractivity contribution in [3.63, 3.8) is 0 Å². The fourth-order valence-electron chi connectivity index (χ4n) is 2.04. The molecule has 78 valence electrons. The molecule has 0 spiro atoms. The molecule has 0 aromatic carbocycles. The van der Waals surface area contributed by atoms with Crippen molar-refractivity contribution in [2.45, 2.75) is 75.7 Å². The highest BCUT2D eigenvalue weighted by Crippen LogP contribution is 2.34. The number of hydrogen-bond donors (Lipinski definition) is 0. The van der Waals surface area contributed by atoms with Crippen LogP contribution in [0.5, 0.6) is 0 Å². The molecule has 0 unspecified atom stereocenters. The van der Waals surface area contributed by atoms with Crippen LogP contribution in [-0.2, 0) is 0 Å². The van der Waals surface area contributed by atoms with Crippen LogP contribution in [0, 0.1) is 0 Å². The Bertz CT molecular complexity index is 127. The van der Waals surface area contributed by atoms with E-state index in [4.69, 9.17) is 0 Å². The SMILES string of the molecule is CC(C)(C)SC1CCCCCCC1. The monoisotopic (exact) mass is 200 g/mol. The second-order valence-electron chi connectivity index (χ2n) is 5.20. The van der Waals surface area contributed by atoms with Gasteiger partial charge in [-0.2, -0.15) is 11.8 Å². The molecule has 0 N–H and O–H groups in total. The molecule has 1 heteroatoms. The van der Waals surface area contributed by atoms with Gasteiger partial charge in [-0.05, 0) is 12.8 Å². The van der Waals surface area contributed by atoms with Crippen LogP contribution in [0.15, 0.2) is 0 Å². The highest BCUT2D eigenvalue weighted by atomic mass is 32.2. The van der Waals surface area contributed by atoms with Crippen LogP contribution >= 0.6 is 11.8 Å². The van der Waals surface area contributed by atoms with Crippen molar-refractivity contribution in [1.29, 1.82) is 0 Å². The molecule has 0 radical (unpaired) electrons. The van der Waals surface area contributed by atoms with Crippen LogP contribution in [0.1, 0.15) is 65.7 Å². The molecule has 0 amide bonds. The number of rotatable bonds is 1. The molecule has 0 aromatic heterocycles. The zero-order valence-corrected chi connectivity index (χ0v) is 10.3. The molecule has 0 atom stereocenters. The van der Waals surface area contributed by atoms with Crippen molar-refractivity contribution in [1.82, 2.24) is 0 Å². The molecule has 0 aliphatic heterocycles. The van der Waals surface area contributed by atoms with Crippen molar-refractivity contribution in [2.24, 2.45) is 0 Å². The molecule has 1 aliphatic rings.